The molecule has 0 amide bonds. The maximum atomic E-state index is 15.4. The predicted molar refractivity (Wildman–Crippen MR) is 75.2 cm³/mol. The Morgan fingerprint density at radius 3 is 2.76 bits per heavy atom. The van der Waals surface area contributed by atoms with Crippen molar-refractivity contribution in [3.63, 3.8) is 0 Å². The van der Waals surface area contributed by atoms with E-state index in [1.54, 1.807) is 11.8 Å². The average Bonchev–Trinajstić information content (AvgIpc) is 3.01. The molecule has 1 atom stereocenters. The number of halogens is 1. The van der Waals surface area contributed by atoms with Crippen LogP contribution in [-0.4, -0.2) is 53.9 Å². The van der Waals surface area contributed by atoms with Gasteiger partial charge in [0.15, 0.2) is 0 Å². The lowest BCUT2D eigenvalue weighted by molar-refractivity contribution is -0.196. The largest absolute Gasteiger partial charge is 0.464 e. The normalized spacial score (nSPS) is 26.9. The second kappa shape index (κ2) is 5.17. The standard InChI is InChI=1S/C13H18FN3O3S/c1-3-9-15-11(21-16-9)17-5-12(7-19-8-12)13(14,6-17)10(18)20-4-2/h3-8H2,1-2H3. The summed E-state index contributed by atoms with van der Waals surface area (Å²) in [6, 6.07) is 0. The van der Waals surface area contributed by atoms with Crippen LogP contribution in [0.1, 0.15) is 19.7 Å². The molecule has 21 heavy (non-hydrogen) atoms. The van der Waals surface area contributed by atoms with Gasteiger partial charge < -0.3 is 14.4 Å². The Morgan fingerprint density at radius 2 is 2.24 bits per heavy atom. The first-order chi connectivity index (χ1) is 10.0. The minimum Gasteiger partial charge on any atom is -0.464 e. The van der Waals surface area contributed by atoms with Crippen molar-refractivity contribution in [2.24, 2.45) is 5.41 Å². The Kier molecular flexibility index (Phi) is 3.61. The molecular formula is C13H18FN3O3S. The summed E-state index contributed by atoms with van der Waals surface area (Å²) in [7, 11) is 0. The van der Waals surface area contributed by atoms with Crippen molar-refractivity contribution in [2.75, 3.05) is 37.8 Å². The molecule has 2 aliphatic heterocycles. The van der Waals surface area contributed by atoms with Gasteiger partial charge >= 0.3 is 5.97 Å². The van der Waals surface area contributed by atoms with Crippen LogP contribution >= 0.6 is 11.5 Å². The van der Waals surface area contributed by atoms with Crippen molar-refractivity contribution in [3.05, 3.63) is 5.82 Å². The molecule has 0 radical (unpaired) electrons. The van der Waals surface area contributed by atoms with Gasteiger partial charge in [-0.1, -0.05) is 6.92 Å². The lowest BCUT2D eigenvalue weighted by Crippen LogP contribution is -2.61. The second-order valence-electron chi connectivity index (χ2n) is 5.50. The predicted octanol–water partition coefficient (Wildman–Crippen LogP) is 1.21. The number of esters is 1. The Morgan fingerprint density at radius 1 is 1.48 bits per heavy atom. The van der Waals surface area contributed by atoms with Crippen LogP contribution in [0, 0.1) is 5.41 Å². The highest BCUT2D eigenvalue weighted by atomic mass is 32.1. The third-order valence-corrected chi connectivity index (χ3v) is 4.96. The van der Waals surface area contributed by atoms with E-state index in [-0.39, 0.29) is 26.4 Å². The van der Waals surface area contributed by atoms with Gasteiger partial charge in [0.05, 0.1) is 31.8 Å². The summed E-state index contributed by atoms with van der Waals surface area (Å²) in [6.07, 6.45) is 0.733. The average molecular weight is 315 g/mol. The summed E-state index contributed by atoms with van der Waals surface area (Å²) in [5.41, 5.74) is -2.86. The Hall–Kier alpha value is -1.28. The molecule has 8 heteroatoms. The number of aryl methyl sites for hydroxylation is 1. The van der Waals surface area contributed by atoms with Crippen LogP contribution in [0.15, 0.2) is 0 Å². The number of rotatable bonds is 4. The second-order valence-corrected chi connectivity index (χ2v) is 6.23. The van der Waals surface area contributed by atoms with Crippen molar-refractivity contribution in [2.45, 2.75) is 25.9 Å². The molecule has 3 rings (SSSR count). The summed E-state index contributed by atoms with van der Waals surface area (Å²) in [6.45, 7) is 4.64. The zero-order chi connectivity index (χ0) is 15.1. The van der Waals surface area contributed by atoms with E-state index in [9.17, 15) is 4.79 Å². The molecular weight excluding hydrogens is 297 g/mol. The lowest BCUT2D eigenvalue weighted by Gasteiger charge is -2.43. The molecule has 1 spiro atoms. The van der Waals surface area contributed by atoms with Gasteiger partial charge in [0.1, 0.15) is 5.82 Å². The molecule has 1 aromatic rings. The van der Waals surface area contributed by atoms with E-state index in [1.807, 2.05) is 6.92 Å². The third-order valence-electron chi connectivity index (χ3n) is 4.14. The first kappa shape index (κ1) is 14.6. The van der Waals surface area contributed by atoms with Gasteiger partial charge in [0.25, 0.3) is 0 Å². The van der Waals surface area contributed by atoms with E-state index >= 15 is 4.39 Å². The molecule has 0 aliphatic carbocycles. The van der Waals surface area contributed by atoms with Crippen LogP contribution in [0.4, 0.5) is 9.52 Å². The number of nitrogens with zero attached hydrogens (tertiary/aromatic N) is 3. The maximum absolute atomic E-state index is 15.4. The van der Waals surface area contributed by atoms with Gasteiger partial charge in [-0.15, -0.1) is 0 Å². The van der Waals surface area contributed by atoms with Crippen molar-refractivity contribution in [3.8, 4) is 0 Å². The fourth-order valence-corrected chi connectivity index (χ4v) is 3.57. The fraction of sp³-hybridized carbons (Fsp3) is 0.769. The molecule has 2 saturated heterocycles. The molecule has 6 nitrogen and oxygen atoms in total. The molecule has 0 N–H and O–H groups in total. The van der Waals surface area contributed by atoms with Crippen LogP contribution in [0.2, 0.25) is 0 Å². The van der Waals surface area contributed by atoms with Gasteiger partial charge in [0, 0.05) is 24.5 Å². The van der Waals surface area contributed by atoms with Gasteiger partial charge in [-0.3, -0.25) is 0 Å². The number of aromatic nitrogens is 2. The molecule has 116 valence electrons. The van der Waals surface area contributed by atoms with E-state index in [0.29, 0.717) is 11.7 Å². The Bertz CT molecular complexity index is 549. The number of anilines is 1. The summed E-state index contributed by atoms with van der Waals surface area (Å²) >= 11 is 1.24. The van der Waals surface area contributed by atoms with Gasteiger partial charge in [-0.25, -0.2) is 14.2 Å². The van der Waals surface area contributed by atoms with E-state index < -0.39 is 17.1 Å². The topological polar surface area (TPSA) is 64.5 Å². The minimum atomic E-state index is -2.04. The molecule has 2 fully saturated rings. The van der Waals surface area contributed by atoms with Crippen LogP contribution in [0.3, 0.4) is 0 Å². The van der Waals surface area contributed by atoms with Crippen LogP contribution < -0.4 is 4.90 Å². The highest BCUT2D eigenvalue weighted by Gasteiger charge is 2.68. The van der Waals surface area contributed by atoms with Gasteiger partial charge in [0.2, 0.25) is 10.8 Å². The van der Waals surface area contributed by atoms with Crippen molar-refractivity contribution in [1.29, 1.82) is 0 Å². The number of hydrogen-bond donors (Lipinski definition) is 0. The highest BCUT2D eigenvalue weighted by molar-refractivity contribution is 7.09. The van der Waals surface area contributed by atoms with E-state index in [4.69, 9.17) is 9.47 Å². The van der Waals surface area contributed by atoms with Crippen molar-refractivity contribution in [1.82, 2.24) is 9.36 Å². The fourth-order valence-electron chi connectivity index (χ4n) is 2.82. The molecule has 2 aliphatic rings. The van der Waals surface area contributed by atoms with E-state index in [1.165, 1.54) is 11.5 Å². The van der Waals surface area contributed by atoms with Crippen LogP contribution in [0.5, 0.6) is 0 Å². The zero-order valence-electron chi connectivity index (χ0n) is 12.1. The molecule has 0 bridgehead atoms. The molecule has 3 heterocycles. The SMILES string of the molecule is CCOC(=O)C1(F)CN(c2nc(CC)ns2)CC12COC2. The quantitative estimate of drug-likeness (QED) is 0.778. The van der Waals surface area contributed by atoms with Gasteiger partial charge in [-0.2, -0.15) is 4.37 Å². The zero-order valence-corrected chi connectivity index (χ0v) is 12.9. The number of ether oxygens (including phenoxy) is 2. The number of carbonyl (C=O) groups excluding carboxylic acids is 1. The Labute approximate surface area is 126 Å². The summed E-state index contributed by atoms with van der Waals surface area (Å²) < 4.78 is 29.7. The summed E-state index contributed by atoms with van der Waals surface area (Å²) in [5, 5.41) is 0.655. The number of hydrogen-bond acceptors (Lipinski definition) is 7. The summed E-state index contributed by atoms with van der Waals surface area (Å²) in [5.74, 6) is -0.0579. The first-order valence-corrected chi connectivity index (χ1v) is 7.83. The van der Waals surface area contributed by atoms with Crippen molar-refractivity contribution < 1.29 is 18.7 Å². The number of carbonyl (C=O) groups is 1. The monoisotopic (exact) mass is 315 g/mol. The highest BCUT2D eigenvalue weighted by Crippen LogP contribution is 2.49. The molecule has 0 saturated carbocycles. The minimum absolute atomic E-state index is 0.0481. The van der Waals surface area contributed by atoms with E-state index in [0.717, 1.165) is 12.2 Å². The maximum Gasteiger partial charge on any atom is 0.346 e. The Balaban J connectivity index is 1.86. The van der Waals surface area contributed by atoms with Gasteiger partial charge in [-0.05, 0) is 6.92 Å². The summed E-state index contributed by atoms with van der Waals surface area (Å²) in [4.78, 5) is 18.3. The molecule has 1 aromatic heterocycles. The van der Waals surface area contributed by atoms with Crippen LogP contribution in [0.25, 0.3) is 0 Å². The van der Waals surface area contributed by atoms with Crippen molar-refractivity contribution >= 4 is 22.6 Å². The first-order valence-electron chi connectivity index (χ1n) is 7.06. The molecule has 0 aromatic carbocycles. The van der Waals surface area contributed by atoms with E-state index in [2.05, 4.69) is 9.36 Å². The molecule has 1 unspecified atom stereocenters. The lowest BCUT2D eigenvalue weighted by atomic mass is 9.74. The number of alkyl halides is 1. The third kappa shape index (κ3) is 2.12. The smallest absolute Gasteiger partial charge is 0.346 e. The van der Waals surface area contributed by atoms with Crippen LogP contribution in [-0.2, 0) is 20.7 Å².